The van der Waals surface area contributed by atoms with Gasteiger partial charge in [-0.05, 0) is 18.6 Å². The molecule has 3 rings (SSSR count). The molecule has 6 heteroatoms. The van der Waals surface area contributed by atoms with Gasteiger partial charge >= 0.3 is 0 Å². The summed E-state index contributed by atoms with van der Waals surface area (Å²) < 4.78 is 1.89. The number of alkyl halides is 1. The number of aryl methyl sites for hydroxylation is 1. The van der Waals surface area contributed by atoms with Crippen LogP contribution in [0.1, 0.15) is 11.4 Å². The minimum absolute atomic E-state index is 0.442. The number of benzene rings is 1. The highest BCUT2D eigenvalue weighted by Gasteiger charge is 2.09. The Labute approximate surface area is 115 Å². The van der Waals surface area contributed by atoms with Crippen LogP contribution < -0.4 is 5.32 Å². The number of aromatic nitrogens is 4. The lowest BCUT2D eigenvalue weighted by Crippen LogP contribution is -2.00. The zero-order chi connectivity index (χ0) is 13.2. The fourth-order valence-electron chi connectivity index (χ4n) is 1.92. The quantitative estimate of drug-likeness (QED) is 0.746. The Morgan fingerprint density at radius 1 is 1.26 bits per heavy atom. The number of hydrogen-bond acceptors (Lipinski definition) is 4. The molecule has 0 saturated heterocycles. The van der Waals surface area contributed by atoms with Gasteiger partial charge in [0, 0.05) is 24.0 Å². The van der Waals surface area contributed by atoms with E-state index >= 15 is 0 Å². The summed E-state index contributed by atoms with van der Waals surface area (Å²) >= 11 is 5.93. The monoisotopic (exact) mass is 273 g/mol. The molecule has 2 heterocycles. The maximum absolute atomic E-state index is 5.93. The van der Waals surface area contributed by atoms with Gasteiger partial charge in [0.1, 0.15) is 5.82 Å². The first-order valence-corrected chi connectivity index (χ1v) is 6.40. The molecule has 1 aromatic carbocycles. The molecule has 19 heavy (non-hydrogen) atoms. The van der Waals surface area contributed by atoms with E-state index in [1.165, 1.54) is 0 Å². The fraction of sp³-hybridized carbons (Fsp3) is 0.154. The normalized spacial score (nSPS) is 10.8. The van der Waals surface area contributed by atoms with Crippen molar-refractivity contribution < 1.29 is 0 Å². The third kappa shape index (κ3) is 2.13. The number of para-hydroxylation sites is 1. The van der Waals surface area contributed by atoms with E-state index < -0.39 is 0 Å². The van der Waals surface area contributed by atoms with Crippen LogP contribution >= 0.6 is 11.6 Å². The van der Waals surface area contributed by atoms with Gasteiger partial charge in [-0.25, -0.2) is 4.98 Å². The van der Waals surface area contributed by atoms with E-state index in [4.69, 9.17) is 11.6 Å². The van der Waals surface area contributed by atoms with E-state index in [1.807, 2.05) is 41.8 Å². The molecule has 0 fully saturated rings. The summed E-state index contributed by atoms with van der Waals surface area (Å²) in [6.45, 7) is 1.90. The fourth-order valence-corrected chi connectivity index (χ4v) is 2.15. The highest BCUT2D eigenvalue weighted by Crippen LogP contribution is 2.23. The summed E-state index contributed by atoms with van der Waals surface area (Å²) in [5, 5.41) is 11.4. The molecular weight excluding hydrogens is 262 g/mol. The average Bonchev–Trinajstić information content (AvgIpc) is 2.82. The van der Waals surface area contributed by atoms with Gasteiger partial charge in [0.2, 0.25) is 5.65 Å². The third-order valence-corrected chi connectivity index (χ3v) is 3.20. The Morgan fingerprint density at radius 2 is 2.11 bits per heavy atom. The second-order valence-electron chi connectivity index (χ2n) is 4.13. The van der Waals surface area contributed by atoms with Gasteiger partial charge in [0.05, 0.1) is 0 Å². The Kier molecular flexibility index (Phi) is 3.05. The van der Waals surface area contributed by atoms with Crippen molar-refractivity contribution in [2.75, 3.05) is 5.32 Å². The Morgan fingerprint density at radius 3 is 2.95 bits per heavy atom. The molecule has 0 spiro atoms. The molecule has 0 unspecified atom stereocenters. The van der Waals surface area contributed by atoms with Crippen molar-refractivity contribution in [1.29, 1.82) is 0 Å². The van der Waals surface area contributed by atoms with Crippen LogP contribution in [0.25, 0.3) is 5.65 Å². The van der Waals surface area contributed by atoms with Crippen LogP contribution in [-0.2, 0) is 5.88 Å². The Bertz CT molecular complexity index is 722. The molecule has 2 aromatic heterocycles. The number of rotatable bonds is 3. The van der Waals surface area contributed by atoms with E-state index in [1.54, 1.807) is 6.20 Å². The molecule has 0 aliphatic rings. The van der Waals surface area contributed by atoms with Crippen LogP contribution in [0, 0.1) is 6.92 Å². The zero-order valence-corrected chi connectivity index (χ0v) is 11.1. The van der Waals surface area contributed by atoms with Crippen LogP contribution in [0.15, 0.2) is 36.7 Å². The van der Waals surface area contributed by atoms with Gasteiger partial charge in [-0.2, -0.15) is 0 Å². The number of nitrogens with zero attached hydrogens (tertiary/aromatic N) is 4. The van der Waals surface area contributed by atoms with Crippen molar-refractivity contribution in [3.8, 4) is 0 Å². The molecule has 0 atom stereocenters. The van der Waals surface area contributed by atoms with E-state index in [9.17, 15) is 0 Å². The molecule has 3 aromatic rings. The van der Waals surface area contributed by atoms with E-state index in [0.29, 0.717) is 17.3 Å². The number of halogens is 1. The minimum Gasteiger partial charge on any atom is -0.337 e. The summed E-state index contributed by atoms with van der Waals surface area (Å²) in [7, 11) is 0. The van der Waals surface area contributed by atoms with Crippen molar-refractivity contribution in [2.24, 2.45) is 0 Å². The van der Waals surface area contributed by atoms with Crippen LogP contribution in [0.2, 0.25) is 0 Å². The summed E-state index contributed by atoms with van der Waals surface area (Å²) in [4.78, 5) is 4.31. The standard InChI is InChI=1S/C13H12ClN5/c1-9-17-18-13-12(15-6-7-19(9)13)16-11-5-3-2-4-10(11)8-14/h2-7H,8H2,1H3,(H,15,16). The maximum atomic E-state index is 5.93. The topological polar surface area (TPSA) is 55.1 Å². The first-order valence-electron chi connectivity index (χ1n) is 5.87. The molecule has 0 saturated carbocycles. The van der Waals surface area contributed by atoms with E-state index in [2.05, 4.69) is 20.5 Å². The molecule has 1 N–H and O–H groups in total. The van der Waals surface area contributed by atoms with Gasteiger partial charge in [-0.3, -0.25) is 4.40 Å². The predicted octanol–water partition coefficient (Wildman–Crippen LogP) is 2.92. The molecule has 0 aliphatic heterocycles. The second kappa shape index (κ2) is 4.85. The van der Waals surface area contributed by atoms with Crippen molar-refractivity contribution in [3.63, 3.8) is 0 Å². The highest BCUT2D eigenvalue weighted by atomic mass is 35.5. The summed E-state index contributed by atoms with van der Waals surface area (Å²) in [5.41, 5.74) is 2.65. The molecular formula is C13H12ClN5. The first-order chi connectivity index (χ1) is 9.29. The van der Waals surface area contributed by atoms with Gasteiger partial charge in [0.25, 0.3) is 0 Å². The average molecular weight is 274 g/mol. The maximum Gasteiger partial charge on any atom is 0.204 e. The molecule has 0 bridgehead atoms. The second-order valence-corrected chi connectivity index (χ2v) is 4.40. The van der Waals surface area contributed by atoms with Crippen molar-refractivity contribution >= 4 is 28.8 Å². The lowest BCUT2D eigenvalue weighted by molar-refractivity contribution is 1.00. The lowest BCUT2D eigenvalue weighted by Gasteiger charge is -2.09. The number of hydrogen-bond donors (Lipinski definition) is 1. The van der Waals surface area contributed by atoms with Crippen LogP contribution in [0.4, 0.5) is 11.5 Å². The lowest BCUT2D eigenvalue weighted by atomic mass is 10.2. The van der Waals surface area contributed by atoms with Crippen LogP contribution in [0.3, 0.4) is 0 Å². The predicted molar refractivity (Wildman–Crippen MR) is 74.8 cm³/mol. The molecule has 96 valence electrons. The first kappa shape index (κ1) is 11.9. The van der Waals surface area contributed by atoms with E-state index in [-0.39, 0.29) is 0 Å². The van der Waals surface area contributed by atoms with Crippen molar-refractivity contribution in [3.05, 3.63) is 48.0 Å². The third-order valence-electron chi connectivity index (χ3n) is 2.91. The van der Waals surface area contributed by atoms with Gasteiger partial charge in [0.15, 0.2) is 5.82 Å². The molecule has 0 amide bonds. The number of nitrogens with one attached hydrogen (secondary N) is 1. The van der Waals surface area contributed by atoms with Crippen LogP contribution in [-0.4, -0.2) is 19.6 Å². The van der Waals surface area contributed by atoms with Gasteiger partial charge in [-0.15, -0.1) is 21.8 Å². The van der Waals surface area contributed by atoms with Crippen LogP contribution in [0.5, 0.6) is 0 Å². The number of fused-ring (bicyclic) bond motifs is 1. The number of anilines is 2. The largest absolute Gasteiger partial charge is 0.337 e. The molecule has 5 nitrogen and oxygen atoms in total. The van der Waals surface area contributed by atoms with Crippen molar-refractivity contribution in [2.45, 2.75) is 12.8 Å². The molecule has 0 aliphatic carbocycles. The summed E-state index contributed by atoms with van der Waals surface area (Å²) in [6, 6.07) is 7.85. The smallest absolute Gasteiger partial charge is 0.204 e. The van der Waals surface area contributed by atoms with E-state index in [0.717, 1.165) is 17.1 Å². The summed E-state index contributed by atoms with van der Waals surface area (Å²) in [6.07, 6.45) is 3.55. The molecule has 0 radical (unpaired) electrons. The van der Waals surface area contributed by atoms with Gasteiger partial charge in [-0.1, -0.05) is 18.2 Å². The highest BCUT2D eigenvalue weighted by molar-refractivity contribution is 6.17. The minimum atomic E-state index is 0.442. The Balaban J connectivity index is 2.06. The summed E-state index contributed by atoms with van der Waals surface area (Å²) in [5.74, 6) is 1.93. The van der Waals surface area contributed by atoms with Gasteiger partial charge < -0.3 is 5.32 Å². The SMILES string of the molecule is Cc1nnc2c(Nc3ccccc3CCl)nccn12. The Hall–Kier alpha value is -2.14. The van der Waals surface area contributed by atoms with Crippen molar-refractivity contribution in [1.82, 2.24) is 19.6 Å². The zero-order valence-electron chi connectivity index (χ0n) is 10.3.